The van der Waals surface area contributed by atoms with Crippen LogP contribution >= 0.6 is 0 Å². The van der Waals surface area contributed by atoms with E-state index in [1.807, 2.05) is 6.92 Å². The molecular formula is C34H54O8. The molecule has 42 heavy (non-hydrogen) atoms. The molecule has 0 amide bonds. The fraction of sp³-hybridized carbons (Fsp3) is 0.941. The van der Waals surface area contributed by atoms with Crippen LogP contribution in [0.1, 0.15) is 113 Å². The molecule has 5 aliphatic carbocycles. The molecule has 8 nitrogen and oxygen atoms in total. The summed E-state index contributed by atoms with van der Waals surface area (Å²) in [6, 6.07) is 0. The summed E-state index contributed by atoms with van der Waals surface area (Å²) in [6.45, 7) is 15.2. The maximum absolute atomic E-state index is 12.6. The Morgan fingerprint density at radius 1 is 0.881 bits per heavy atom. The summed E-state index contributed by atoms with van der Waals surface area (Å²) in [5.41, 5.74) is -3.20. The number of ether oxygens (including phenoxy) is 3. The van der Waals surface area contributed by atoms with E-state index in [0.717, 1.165) is 44.9 Å². The van der Waals surface area contributed by atoms with Gasteiger partial charge in [0.05, 0.1) is 36.1 Å². The van der Waals surface area contributed by atoms with Crippen LogP contribution in [-0.4, -0.2) is 69.5 Å². The summed E-state index contributed by atoms with van der Waals surface area (Å²) < 4.78 is 18.8. The van der Waals surface area contributed by atoms with Gasteiger partial charge < -0.3 is 29.5 Å². The van der Waals surface area contributed by atoms with Crippen molar-refractivity contribution in [3.05, 3.63) is 0 Å². The maximum atomic E-state index is 12.6. The fourth-order valence-corrected chi connectivity index (χ4v) is 12.6. The Morgan fingerprint density at radius 3 is 2.12 bits per heavy atom. The smallest absolute Gasteiger partial charge is 0.303 e. The van der Waals surface area contributed by atoms with Crippen molar-refractivity contribution < 1.29 is 39.1 Å². The molecule has 0 aromatic heterocycles. The van der Waals surface area contributed by atoms with E-state index in [1.165, 1.54) is 13.8 Å². The molecule has 2 spiro atoms. The lowest BCUT2D eigenvalue weighted by atomic mass is 9.41. The topological polar surface area (TPSA) is 123 Å². The molecule has 0 aromatic rings. The highest BCUT2D eigenvalue weighted by atomic mass is 16.6. The van der Waals surface area contributed by atoms with Gasteiger partial charge in [-0.2, -0.15) is 0 Å². The number of rotatable bonds is 5. The standard InChI is InChI=1S/C34H54O8/c1-19(35)40-18-34-16-15-33-17-32(33)14-11-23(37)28(3,4)21(32)9-10-22(33)31(34,8)27(38)25(41-20(2)36)26(34)30(7)13-12-24(42-30)29(5,6)39/h21-27,37-39H,9-18H2,1-8H3/t21-,22-,23-,24+,25+,26+,27-,30-,31+,32+,33-,34-/m0/s1. The molecule has 0 radical (unpaired) electrons. The second kappa shape index (κ2) is 9.17. The summed E-state index contributed by atoms with van der Waals surface area (Å²) >= 11 is 0. The minimum absolute atomic E-state index is 0.0471. The van der Waals surface area contributed by atoms with Gasteiger partial charge in [0.25, 0.3) is 0 Å². The van der Waals surface area contributed by atoms with Crippen LogP contribution in [0.4, 0.5) is 0 Å². The van der Waals surface area contributed by atoms with Crippen molar-refractivity contribution in [1.29, 1.82) is 0 Å². The van der Waals surface area contributed by atoms with Crippen molar-refractivity contribution in [1.82, 2.24) is 0 Å². The molecule has 8 heteroatoms. The van der Waals surface area contributed by atoms with E-state index in [0.29, 0.717) is 18.8 Å². The molecule has 1 heterocycles. The van der Waals surface area contributed by atoms with Crippen LogP contribution in [-0.2, 0) is 23.8 Å². The monoisotopic (exact) mass is 590 g/mol. The highest BCUT2D eigenvalue weighted by Crippen LogP contribution is 2.89. The summed E-state index contributed by atoms with van der Waals surface area (Å²) in [6.07, 6.45) is 5.32. The van der Waals surface area contributed by atoms with Gasteiger partial charge in [-0.05, 0) is 107 Å². The lowest BCUT2D eigenvalue weighted by molar-refractivity contribution is -0.222. The van der Waals surface area contributed by atoms with Gasteiger partial charge in [-0.1, -0.05) is 20.8 Å². The first kappa shape index (κ1) is 30.8. The van der Waals surface area contributed by atoms with Gasteiger partial charge in [-0.25, -0.2) is 0 Å². The molecule has 5 saturated carbocycles. The predicted octanol–water partition coefficient (Wildman–Crippen LogP) is 4.55. The Balaban J connectivity index is 1.48. The fourth-order valence-electron chi connectivity index (χ4n) is 12.6. The van der Waals surface area contributed by atoms with Gasteiger partial charge in [-0.3, -0.25) is 9.59 Å². The number of hydrogen-bond donors (Lipinski definition) is 3. The number of carbonyl (C=O) groups is 2. The minimum atomic E-state index is -1.05. The number of aliphatic hydroxyl groups excluding tert-OH is 2. The molecule has 6 fully saturated rings. The first-order valence-corrected chi connectivity index (χ1v) is 16.4. The van der Waals surface area contributed by atoms with Crippen LogP contribution in [0.15, 0.2) is 0 Å². The third kappa shape index (κ3) is 3.73. The van der Waals surface area contributed by atoms with E-state index >= 15 is 0 Å². The molecule has 1 aliphatic heterocycles. The Morgan fingerprint density at radius 2 is 1.52 bits per heavy atom. The van der Waals surface area contributed by atoms with Crippen LogP contribution in [0.5, 0.6) is 0 Å². The highest BCUT2D eigenvalue weighted by molar-refractivity contribution is 5.67. The van der Waals surface area contributed by atoms with Gasteiger partial charge in [-0.15, -0.1) is 0 Å². The second-order valence-electron chi connectivity index (χ2n) is 16.9. The SMILES string of the molecule is CC(=O)OC[C@]12CC[C@@]34C[C@@]35CC[C@H](O)C(C)(C)[C@@H]5CC[C@H]4[C@]1(C)[C@@H](O)[C@H](OC(C)=O)[C@@H]2[C@]1(C)CC[C@H](C(C)(C)O)O1. The zero-order chi connectivity index (χ0) is 30.9. The van der Waals surface area contributed by atoms with Gasteiger partial charge in [0, 0.05) is 30.6 Å². The number of aliphatic hydroxyl groups is 3. The van der Waals surface area contributed by atoms with Crippen molar-refractivity contribution in [2.24, 2.45) is 44.8 Å². The average Bonchev–Trinajstić information content (AvgIpc) is 3.29. The third-order valence-corrected chi connectivity index (χ3v) is 14.5. The van der Waals surface area contributed by atoms with Gasteiger partial charge in [0.1, 0.15) is 6.10 Å². The second-order valence-corrected chi connectivity index (χ2v) is 16.9. The van der Waals surface area contributed by atoms with E-state index in [4.69, 9.17) is 14.2 Å². The largest absolute Gasteiger partial charge is 0.465 e. The molecule has 0 aromatic carbocycles. The Kier molecular flexibility index (Phi) is 6.72. The lowest BCUT2D eigenvalue weighted by Gasteiger charge is -2.64. The van der Waals surface area contributed by atoms with Crippen molar-refractivity contribution in [3.8, 4) is 0 Å². The third-order valence-electron chi connectivity index (χ3n) is 14.5. The molecule has 238 valence electrons. The number of carbonyl (C=O) groups excluding carboxylic acids is 2. The maximum Gasteiger partial charge on any atom is 0.303 e. The van der Waals surface area contributed by atoms with Crippen LogP contribution < -0.4 is 0 Å². The molecule has 3 N–H and O–H groups in total. The predicted molar refractivity (Wildman–Crippen MR) is 155 cm³/mol. The van der Waals surface area contributed by atoms with Gasteiger partial charge >= 0.3 is 11.9 Å². The van der Waals surface area contributed by atoms with Crippen molar-refractivity contribution in [2.75, 3.05) is 6.61 Å². The van der Waals surface area contributed by atoms with Crippen LogP contribution in [0.25, 0.3) is 0 Å². The van der Waals surface area contributed by atoms with E-state index in [1.54, 1.807) is 13.8 Å². The Hall–Kier alpha value is -1.22. The van der Waals surface area contributed by atoms with Crippen LogP contribution in [0.3, 0.4) is 0 Å². The van der Waals surface area contributed by atoms with E-state index in [-0.39, 0.29) is 40.8 Å². The summed E-state index contributed by atoms with van der Waals surface area (Å²) in [4.78, 5) is 25.0. The van der Waals surface area contributed by atoms with E-state index in [2.05, 4.69) is 20.8 Å². The van der Waals surface area contributed by atoms with Crippen molar-refractivity contribution in [2.45, 2.75) is 149 Å². The van der Waals surface area contributed by atoms with Gasteiger partial charge in [0.2, 0.25) is 0 Å². The molecule has 12 atom stereocenters. The van der Waals surface area contributed by atoms with Crippen LogP contribution in [0, 0.1) is 44.8 Å². The summed E-state index contributed by atoms with van der Waals surface area (Å²) in [7, 11) is 0. The average molecular weight is 591 g/mol. The summed E-state index contributed by atoms with van der Waals surface area (Å²) in [5.74, 6) is -0.646. The highest BCUT2D eigenvalue weighted by Gasteiger charge is 2.86. The molecule has 1 saturated heterocycles. The molecule has 0 unspecified atom stereocenters. The van der Waals surface area contributed by atoms with Crippen molar-refractivity contribution >= 4 is 11.9 Å². The zero-order valence-corrected chi connectivity index (χ0v) is 27.0. The molecule has 0 bridgehead atoms. The van der Waals surface area contributed by atoms with E-state index < -0.39 is 52.2 Å². The molecule has 6 aliphatic rings. The quantitative estimate of drug-likeness (QED) is 0.399. The minimum Gasteiger partial charge on any atom is -0.465 e. The summed E-state index contributed by atoms with van der Waals surface area (Å²) in [5, 5.41) is 34.5. The Bertz CT molecular complexity index is 1140. The normalized spacial score (nSPS) is 52.4. The van der Waals surface area contributed by atoms with E-state index in [9.17, 15) is 24.9 Å². The Labute approximate surface area is 251 Å². The first-order chi connectivity index (χ1) is 19.3. The zero-order valence-electron chi connectivity index (χ0n) is 27.0. The number of fused-ring (bicyclic) bond motifs is 2. The molecular weight excluding hydrogens is 536 g/mol. The van der Waals surface area contributed by atoms with Gasteiger partial charge in [0.15, 0.2) is 0 Å². The van der Waals surface area contributed by atoms with Crippen LogP contribution in [0.2, 0.25) is 0 Å². The number of esters is 2. The van der Waals surface area contributed by atoms with Crippen molar-refractivity contribution in [3.63, 3.8) is 0 Å². The lowest BCUT2D eigenvalue weighted by Crippen LogP contribution is -2.63. The molecule has 6 rings (SSSR count). The first-order valence-electron chi connectivity index (χ1n) is 16.4. The number of hydrogen-bond acceptors (Lipinski definition) is 8.